The minimum Gasteiger partial charge on any atom is -0.376 e. The van der Waals surface area contributed by atoms with Gasteiger partial charge in [0.2, 0.25) is 5.91 Å². The highest BCUT2D eigenvalue weighted by molar-refractivity contribution is 6.00. The van der Waals surface area contributed by atoms with Crippen molar-refractivity contribution in [2.75, 3.05) is 17.2 Å². The normalized spacial score (nSPS) is 10.1. The van der Waals surface area contributed by atoms with E-state index in [4.69, 9.17) is 0 Å². The summed E-state index contributed by atoms with van der Waals surface area (Å²) in [6.45, 7) is 1.24. The van der Waals surface area contributed by atoms with Gasteiger partial charge in [0.15, 0.2) is 5.78 Å². The number of hydrogen-bond acceptors (Lipinski definition) is 3. The van der Waals surface area contributed by atoms with E-state index >= 15 is 0 Å². The molecule has 2 aromatic rings. The number of rotatable bonds is 5. The van der Waals surface area contributed by atoms with Crippen LogP contribution in [-0.4, -0.2) is 18.2 Å². The molecule has 0 aliphatic heterocycles. The summed E-state index contributed by atoms with van der Waals surface area (Å²) in [5.41, 5.74) is 0.726. The number of Topliss-reactive ketones (excluding diaryl/α,β-unsaturated/α-hetero) is 1. The first-order valence-electron chi connectivity index (χ1n) is 6.56. The third kappa shape index (κ3) is 3.88. The van der Waals surface area contributed by atoms with Crippen LogP contribution in [0.3, 0.4) is 0 Å². The summed E-state index contributed by atoms with van der Waals surface area (Å²) in [5.74, 6) is -2.06. The van der Waals surface area contributed by atoms with Crippen LogP contribution in [0.5, 0.6) is 0 Å². The van der Waals surface area contributed by atoms with Crippen LogP contribution in [0.25, 0.3) is 0 Å². The topological polar surface area (TPSA) is 58.2 Å². The summed E-state index contributed by atoms with van der Waals surface area (Å²) in [6.07, 6.45) is 0. The van der Waals surface area contributed by atoms with E-state index in [2.05, 4.69) is 10.6 Å². The van der Waals surface area contributed by atoms with Crippen LogP contribution in [0.2, 0.25) is 0 Å². The molecule has 0 heterocycles. The standard InChI is InChI=1S/C16H14F2N2O2/c1-10(21)12-4-2-3-5-14(12)19-9-16(22)20-15-8-11(17)6-7-13(15)18/h2-8,19H,9H2,1H3,(H,20,22). The molecule has 0 spiro atoms. The van der Waals surface area contributed by atoms with Crippen LogP contribution in [0.4, 0.5) is 20.2 Å². The monoisotopic (exact) mass is 304 g/mol. The highest BCUT2D eigenvalue weighted by Gasteiger charge is 2.10. The van der Waals surface area contributed by atoms with Crippen LogP contribution in [0.1, 0.15) is 17.3 Å². The van der Waals surface area contributed by atoms with Crippen molar-refractivity contribution in [3.05, 3.63) is 59.7 Å². The maximum Gasteiger partial charge on any atom is 0.243 e. The number of halogens is 2. The molecule has 2 rings (SSSR count). The van der Waals surface area contributed by atoms with Crippen LogP contribution in [0.15, 0.2) is 42.5 Å². The number of carbonyl (C=O) groups excluding carboxylic acids is 2. The lowest BCUT2D eigenvalue weighted by Gasteiger charge is -2.11. The lowest BCUT2D eigenvalue weighted by atomic mass is 10.1. The molecule has 4 nitrogen and oxygen atoms in total. The molecule has 0 aromatic heterocycles. The third-order valence-electron chi connectivity index (χ3n) is 2.95. The van der Waals surface area contributed by atoms with Gasteiger partial charge in [0, 0.05) is 17.3 Å². The van der Waals surface area contributed by atoms with Gasteiger partial charge in [-0.15, -0.1) is 0 Å². The predicted molar refractivity (Wildman–Crippen MR) is 79.9 cm³/mol. The van der Waals surface area contributed by atoms with Crippen molar-refractivity contribution in [1.29, 1.82) is 0 Å². The number of carbonyl (C=O) groups is 2. The highest BCUT2D eigenvalue weighted by atomic mass is 19.1. The summed E-state index contributed by atoms with van der Waals surface area (Å²) in [6, 6.07) is 9.52. The third-order valence-corrected chi connectivity index (χ3v) is 2.95. The second-order valence-electron chi connectivity index (χ2n) is 4.63. The highest BCUT2D eigenvalue weighted by Crippen LogP contribution is 2.17. The Morgan fingerprint density at radius 3 is 2.50 bits per heavy atom. The molecule has 0 radical (unpaired) electrons. The Kier molecular flexibility index (Phi) is 4.83. The van der Waals surface area contributed by atoms with Crippen molar-refractivity contribution in [3.8, 4) is 0 Å². The van der Waals surface area contributed by atoms with E-state index in [0.29, 0.717) is 11.3 Å². The zero-order valence-corrected chi connectivity index (χ0v) is 11.8. The zero-order chi connectivity index (χ0) is 16.1. The Bertz CT molecular complexity index is 717. The molecule has 1 amide bonds. The predicted octanol–water partition coefficient (Wildman–Crippen LogP) is 3.22. The molecule has 0 bridgehead atoms. The Balaban J connectivity index is 2.02. The second-order valence-corrected chi connectivity index (χ2v) is 4.63. The molecule has 0 atom stereocenters. The van der Waals surface area contributed by atoms with E-state index in [1.807, 2.05) is 0 Å². The SMILES string of the molecule is CC(=O)c1ccccc1NCC(=O)Nc1cc(F)ccc1F. The first-order valence-corrected chi connectivity index (χ1v) is 6.56. The van der Waals surface area contributed by atoms with Crippen molar-refractivity contribution >= 4 is 23.1 Å². The van der Waals surface area contributed by atoms with Gasteiger partial charge in [-0.3, -0.25) is 9.59 Å². The van der Waals surface area contributed by atoms with E-state index in [0.717, 1.165) is 18.2 Å². The van der Waals surface area contributed by atoms with E-state index in [-0.39, 0.29) is 18.0 Å². The minimum atomic E-state index is -0.723. The minimum absolute atomic E-state index is 0.139. The Hall–Kier alpha value is -2.76. The van der Waals surface area contributed by atoms with Gasteiger partial charge < -0.3 is 10.6 Å². The van der Waals surface area contributed by atoms with Gasteiger partial charge in [0.1, 0.15) is 11.6 Å². The fraction of sp³-hybridized carbons (Fsp3) is 0.125. The molecule has 2 N–H and O–H groups in total. The van der Waals surface area contributed by atoms with E-state index in [1.54, 1.807) is 24.3 Å². The Morgan fingerprint density at radius 1 is 1.05 bits per heavy atom. The molecule has 0 aliphatic carbocycles. The van der Waals surface area contributed by atoms with Crippen molar-refractivity contribution in [2.24, 2.45) is 0 Å². The molecule has 114 valence electrons. The molecule has 2 aromatic carbocycles. The molecule has 0 aliphatic rings. The first kappa shape index (κ1) is 15.6. The van der Waals surface area contributed by atoms with Gasteiger partial charge in [-0.05, 0) is 31.2 Å². The number of para-hydroxylation sites is 1. The van der Waals surface area contributed by atoms with Crippen molar-refractivity contribution < 1.29 is 18.4 Å². The van der Waals surface area contributed by atoms with Crippen LogP contribution >= 0.6 is 0 Å². The fourth-order valence-corrected chi connectivity index (χ4v) is 1.91. The number of amides is 1. The largest absolute Gasteiger partial charge is 0.376 e. The van der Waals surface area contributed by atoms with Crippen LogP contribution in [0, 0.1) is 11.6 Å². The smallest absolute Gasteiger partial charge is 0.243 e. The maximum atomic E-state index is 13.4. The quantitative estimate of drug-likeness (QED) is 0.834. The van der Waals surface area contributed by atoms with Gasteiger partial charge in [-0.25, -0.2) is 8.78 Å². The molecular formula is C16H14F2N2O2. The number of nitrogens with one attached hydrogen (secondary N) is 2. The van der Waals surface area contributed by atoms with Crippen LogP contribution < -0.4 is 10.6 Å². The number of anilines is 2. The lowest BCUT2D eigenvalue weighted by Crippen LogP contribution is -2.23. The molecular weight excluding hydrogens is 290 g/mol. The van der Waals surface area contributed by atoms with Gasteiger partial charge in [0.25, 0.3) is 0 Å². The van der Waals surface area contributed by atoms with Crippen molar-refractivity contribution in [2.45, 2.75) is 6.92 Å². The average Bonchev–Trinajstić information content (AvgIpc) is 2.49. The summed E-state index contributed by atoms with van der Waals surface area (Å²) in [4.78, 5) is 23.2. The van der Waals surface area contributed by atoms with Crippen molar-refractivity contribution in [1.82, 2.24) is 0 Å². The molecule has 0 unspecified atom stereocenters. The molecule has 6 heteroatoms. The summed E-state index contributed by atoms with van der Waals surface area (Å²) >= 11 is 0. The molecule has 0 fully saturated rings. The fourth-order valence-electron chi connectivity index (χ4n) is 1.91. The molecule has 22 heavy (non-hydrogen) atoms. The summed E-state index contributed by atoms with van der Waals surface area (Å²) in [5, 5.41) is 5.07. The van der Waals surface area contributed by atoms with Gasteiger partial charge in [-0.2, -0.15) is 0 Å². The van der Waals surface area contributed by atoms with E-state index in [1.165, 1.54) is 6.92 Å². The number of hydrogen-bond donors (Lipinski definition) is 2. The van der Waals surface area contributed by atoms with E-state index in [9.17, 15) is 18.4 Å². The van der Waals surface area contributed by atoms with Gasteiger partial charge in [0.05, 0.1) is 12.2 Å². The van der Waals surface area contributed by atoms with Gasteiger partial charge in [-0.1, -0.05) is 12.1 Å². The Morgan fingerprint density at radius 2 is 1.77 bits per heavy atom. The molecule has 0 saturated carbocycles. The Labute approximate surface area is 126 Å². The van der Waals surface area contributed by atoms with Crippen LogP contribution in [-0.2, 0) is 4.79 Å². The number of ketones is 1. The number of benzene rings is 2. The zero-order valence-electron chi connectivity index (χ0n) is 11.8. The van der Waals surface area contributed by atoms with Gasteiger partial charge >= 0.3 is 0 Å². The molecule has 0 saturated heterocycles. The second kappa shape index (κ2) is 6.80. The summed E-state index contributed by atoms with van der Waals surface area (Å²) in [7, 11) is 0. The summed E-state index contributed by atoms with van der Waals surface area (Å²) < 4.78 is 26.4. The van der Waals surface area contributed by atoms with E-state index < -0.39 is 17.5 Å². The van der Waals surface area contributed by atoms with Crippen molar-refractivity contribution in [3.63, 3.8) is 0 Å². The first-order chi connectivity index (χ1) is 10.5. The maximum absolute atomic E-state index is 13.4. The average molecular weight is 304 g/mol. The lowest BCUT2D eigenvalue weighted by molar-refractivity contribution is -0.114.